The maximum Gasteiger partial charge on any atom is 0.0715 e. The average molecular weight is 411 g/mol. The van der Waals surface area contributed by atoms with Crippen LogP contribution in [0.3, 0.4) is 0 Å². The van der Waals surface area contributed by atoms with E-state index in [1.54, 1.807) is 0 Å². The first-order valence-electron chi connectivity index (χ1n) is 6.77. The van der Waals surface area contributed by atoms with E-state index in [2.05, 4.69) is 50.9 Å². The van der Waals surface area contributed by atoms with E-state index >= 15 is 0 Å². The normalized spacial score (nSPS) is 13.5. The lowest BCUT2D eigenvalue weighted by atomic mass is 9.85. The second kappa shape index (κ2) is 7.23. The Kier molecular flexibility index (Phi) is 5.59. The van der Waals surface area contributed by atoms with Crippen molar-refractivity contribution in [2.45, 2.75) is 25.7 Å². The molecular formula is C17H17Br2NO. The van der Waals surface area contributed by atoms with Crippen molar-refractivity contribution in [1.29, 1.82) is 0 Å². The Morgan fingerprint density at radius 3 is 1.57 bits per heavy atom. The highest BCUT2D eigenvalue weighted by Gasteiger charge is 2.24. The fourth-order valence-corrected chi connectivity index (χ4v) is 3.78. The van der Waals surface area contributed by atoms with Crippen LogP contribution in [0.1, 0.15) is 36.8 Å². The zero-order valence-corrected chi connectivity index (χ0v) is 15.1. The Bertz CT molecular complexity index is 601. The van der Waals surface area contributed by atoms with E-state index in [1.807, 2.05) is 48.5 Å². The van der Waals surface area contributed by atoms with Gasteiger partial charge in [-0.3, -0.25) is 0 Å². The molecule has 2 rings (SSSR count). The van der Waals surface area contributed by atoms with E-state index in [0.29, 0.717) is 0 Å². The fourth-order valence-electron chi connectivity index (χ4n) is 2.52. The number of nitrogens with zero attached hydrogens (tertiary/aromatic N) is 1. The Morgan fingerprint density at radius 1 is 0.857 bits per heavy atom. The summed E-state index contributed by atoms with van der Waals surface area (Å²) in [7, 11) is 0. The fraction of sp³-hybridized carbons (Fsp3) is 0.235. The standard InChI is InChI=1S/C17H17Br2NO/c1-11(13-7-3-5-9-15(13)18)17(20-21)12(2)14-8-4-6-10-16(14)19/h3-12,21H,1-2H3. The van der Waals surface area contributed by atoms with Crippen molar-refractivity contribution in [2.75, 3.05) is 0 Å². The molecule has 0 heterocycles. The third-order valence-electron chi connectivity index (χ3n) is 3.75. The number of benzene rings is 2. The molecule has 0 saturated heterocycles. The van der Waals surface area contributed by atoms with Crippen molar-refractivity contribution in [3.63, 3.8) is 0 Å². The number of rotatable bonds is 4. The molecule has 0 aliphatic carbocycles. The molecule has 21 heavy (non-hydrogen) atoms. The van der Waals surface area contributed by atoms with Gasteiger partial charge < -0.3 is 5.21 Å². The molecule has 0 amide bonds. The second-order valence-electron chi connectivity index (χ2n) is 5.01. The van der Waals surface area contributed by atoms with Gasteiger partial charge in [0.25, 0.3) is 0 Å². The highest BCUT2D eigenvalue weighted by molar-refractivity contribution is 9.10. The number of oxime groups is 1. The maximum absolute atomic E-state index is 9.53. The molecule has 2 aromatic carbocycles. The van der Waals surface area contributed by atoms with Gasteiger partial charge in [-0.1, -0.05) is 87.3 Å². The zero-order chi connectivity index (χ0) is 15.4. The maximum atomic E-state index is 9.53. The van der Waals surface area contributed by atoms with Gasteiger partial charge in [-0.2, -0.15) is 0 Å². The van der Waals surface area contributed by atoms with Gasteiger partial charge in [0.15, 0.2) is 0 Å². The number of hydrogen-bond donors (Lipinski definition) is 1. The summed E-state index contributed by atoms with van der Waals surface area (Å²) in [5.74, 6) is 0.0420. The molecule has 1 N–H and O–H groups in total. The lowest BCUT2D eigenvalue weighted by Crippen LogP contribution is -2.18. The van der Waals surface area contributed by atoms with E-state index in [9.17, 15) is 5.21 Å². The molecule has 2 nitrogen and oxygen atoms in total. The first-order chi connectivity index (χ1) is 10.1. The highest BCUT2D eigenvalue weighted by atomic mass is 79.9. The molecule has 2 atom stereocenters. The van der Waals surface area contributed by atoms with Gasteiger partial charge in [0.05, 0.1) is 5.71 Å². The van der Waals surface area contributed by atoms with Crippen LogP contribution in [0.25, 0.3) is 0 Å². The van der Waals surface area contributed by atoms with Gasteiger partial charge in [-0.25, -0.2) is 0 Å². The molecule has 0 fully saturated rings. The van der Waals surface area contributed by atoms with Crippen molar-refractivity contribution in [2.24, 2.45) is 5.16 Å². The predicted octanol–water partition coefficient (Wildman–Crippen LogP) is 5.95. The molecule has 2 unspecified atom stereocenters. The Labute approximate surface area is 142 Å². The molecule has 0 saturated carbocycles. The molecular weight excluding hydrogens is 394 g/mol. The van der Waals surface area contributed by atoms with E-state index in [1.165, 1.54) is 0 Å². The second-order valence-corrected chi connectivity index (χ2v) is 6.72. The quantitative estimate of drug-likeness (QED) is 0.377. The van der Waals surface area contributed by atoms with Crippen LogP contribution >= 0.6 is 31.9 Å². The minimum absolute atomic E-state index is 0.0210. The van der Waals surface area contributed by atoms with E-state index in [4.69, 9.17) is 0 Å². The number of hydrogen-bond acceptors (Lipinski definition) is 2. The van der Waals surface area contributed by atoms with Gasteiger partial charge >= 0.3 is 0 Å². The monoisotopic (exact) mass is 409 g/mol. The van der Waals surface area contributed by atoms with Crippen molar-refractivity contribution >= 4 is 37.6 Å². The van der Waals surface area contributed by atoms with Crippen LogP contribution in [0.5, 0.6) is 0 Å². The van der Waals surface area contributed by atoms with Crippen LogP contribution < -0.4 is 0 Å². The summed E-state index contributed by atoms with van der Waals surface area (Å²) in [6.07, 6.45) is 0. The molecule has 0 aromatic heterocycles. The van der Waals surface area contributed by atoms with Crippen molar-refractivity contribution in [1.82, 2.24) is 0 Å². The van der Waals surface area contributed by atoms with Crippen molar-refractivity contribution in [3.05, 3.63) is 68.6 Å². The van der Waals surface area contributed by atoms with Crippen LogP contribution in [0, 0.1) is 0 Å². The SMILES string of the molecule is CC(C(=NO)C(C)c1ccccc1Br)c1ccccc1Br. The number of halogens is 2. The topological polar surface area (TPSA) is 32.6 Å². The van der Waals surface area contributed by atoms with Crippen molar-refractivity contribution < 1.29 is 5.21 Å². The van der Waals surface area contributed by atoms with Crippen LogP contribution in [0.2, 0.25) is 0 Å². The molecule has 0 aliphatic rings. The molecule has 0 spiro atoms. The summed E-state index contributed by atoms with van der Waals surface area (Å²) in [5.41, 5.74) is 2.97. The van der Waals surface area contributed by atoms with Gasteiger partial charge in [-0.15, -0.1) is 0 Å². The smallest absolute Gasteiger partial charge is 0.0715 e. The summed E-state index contributed by atoms with van der Waals surface area (Å²) in [6, 6.07) is 16.1. The average Bonchev–Trinajstić information content (AvgIpc) is 2.48. The van der Waals surface area contributed by atoms with Crippen molar-refractivity contribution in [3.8, 4) is 0 Å². The lowest BCUT2D eigenvalue weighted by Gasteiger charge is -2.22. The largest absolute Gasteiger partial charge is 0.411 e. The third kappa shape index (κ3) is 3.55. The Balaban J connectivity index is 2.37. The Morgan fingerprint density at radius 2 is 1.24 bits per heavy atom. The van der Waals surface area contributed by atoms with Gasteiger partial charge in [-0.05, 0) is 23.3 Å². The zero-order valence-electron chi connectivity index (χ0n) is 11.9. The first-order valence-corrected chi connectivity index (χ1v) is 8.35. The minimum Gasteiger partial charge on any atom is -0.411 e. The van der Waals surface area contributed by atoms with Crippen LogP contribution in [0.4, 0.5) is 0 Å². The van der Waals surface area contributed by atoms with Gasteiger partial charge in [0, 0.05) is 20.8 Å². The lowest BCUT2D eigenvalue weighted by molar-refractivity contribution is 0.314. The van der Waals surface area contributed by atoms with E-state index < -0.39 is 0 Å². The van der Waals surface area contributed by atoms with Gasteiger partial charge in [0.1, 0.15) is 0 Å². The summed E-state index contributed by atoms with van der Waals surface area (Å²) in [6.45, 7) is 4.12. The summed E-state index contributed by atoms with van der Waals surface area (Å²) in [4.78, 5) is 0. The van der Waals surface area contributed by atoms with E-state index in [0.717, 1.165) is 25.8 Å². The summed E-state index contributed by atoms with van der Waals surface area (Å²) < 4.78 is 2.05. The highest BCUT2D eigenvalue weighted by Crippen LogP contribution is 2.33. The third-order valence-corrected chi connectivity index (χ3v) is 5.19. The molecule has 0 radical (unpaired) electrons. The predicted molar refractivity (Wildman–Crippen MR) is 94.3 cm³/mol. The minimum atomic E-state index is 0.0210. The summed E-state index contributed by atoms with van der Waals surface area (Å²) in [5, 5.41) is 13.1. The Hall–Kier alpha value is -1.13. The van der Waals surface area contributed by atoms with E-state index in [-0.39, 0.29) is 11.8 Å². The summed E-state index contributed by atoms with van der Waals surface area (Å²) >= 11 is 7.14. The van der Waals surface area contributed by atoms with Crippen LogP contribution in [-0.4, -0.2) is 10.9 Å². The molecule has 4 heteroatoms. The molecule has 2 aromatic rings. The first kappa shape index (κ1) is 16.2. The molecule has 0 bridgehead atoms. The molecule has 110 valence electrons. The van der Waals surface area contributed by atoms with Crippen LogP contribution in [-0.2, 0) is 0 Å². The van der Waals surface area contributed by atoms with Crippen LogP contribution in [0.15, 0.2) is 62.6 Å². The van der Waals surface area contributed by atoms with Gasteiger partial charge in [0.2, 0.25) is 0 Å². The molecule has 0 aliphatic heterocycles.